The van der Waals surface area contributed by atoms with Crippen molar-refractivity contribution >= 4 is 69.4 Å². The number of amidine groups is 1. The molecule has 1 heterocycles. The molecular weight excluding hydrogens is 528 g/mol. The highest BCUT2D eigenvalue weighted by atomic mass is 35.5. The van der Waals surface area contributed by atoms with Gasteiger partial charge in [0.1, 0.15) is 5.82 Å². The molecule has 184 valence electrons. The molecule has 0 aromatic heterocycles. The van der Waals surface area contributed by atoms with Gasteiger partial charge < -0.3 is 20.1 Å². The van der Waals surface area contributed by atoms with Gasteiger partial charge in [0, 0.05) is 5.69 Å². The third-order valence-corrected chi connectivity index (χ3v) is 6.50. The number of nitrogens with one attached hydrogen (secondary N) is 2. The zero-order valence-corrected chi connectivity index (χ0v) is 21.0. The predicted octanol–water partition coefficient (Wildman–Crippen LogP) is 6.05. The highest BCUT2D eigenvalue weighted by Crippen LogP contribution is 2.35. The standard InChI is InChI=1S/C25H18Cl2FN3O4S/c1-34-20-11-14(5-10-19(20)35-13-22(32)29-16-8-6-15(28)7-9-16)12-21-24(33)31-25(36-21)30-18-4-2-3-17(26)23(18)27/h2-12H,13H2,1H3,(H,29,32)(H,30,31,33)/b21-12+. The van der Waals surface area contributed by atoms with Crippen molar-refractivity contribution in [1.29, 1.82) is 0 Å². The molecule has 1 saturated heterocycles. The number of ether oxygens (including phenoxy) is 2. The topological polar surface area (TPSA) is 89.0 Å². The fourth-order valence-corrected chi connectivity index (χ4v) is 4.26. The van der Waals surface area contributed by atoms with Crippen LogP contribution in [0.25, 0.3) is 6.08 Å². The number of methoxy groups -OCH3 is 1. The van der Waals surface area contributed by atoms with Gasteiger partial charge in [-0.05, 0) is 71.9 Å². The van der Waals surface area contributed by atoms with Gasteiger partial charge in [-0.2, -0.15) is 0 Å². The van der Waals surface area contributed by atoms with E-state index in [0.717, 1.165) is 11.8 Å². The van der Waals surface area contributed by atoms with Crippen LogP contribution in [-0.2, 0) is 9.59 Å². The molecule has 11 heteroatoms. The van der Waals surface area contributed by atoms with Crippen molar-refractivity contribution in [2.45, 2.75) is 0 Å². The van der Waals surface area contributed by atoms with Crippen LogP contribution >= 0.6 is 35.0 Å². The quantitative estimate of drug-likeness (QED) is 0.353. The van der Waals surface area contributed by atoms with Crippen LogP contribution in [0.1, 0.15) is 5.56 Å². The van der Waals surface area contributed by atoms with Gasteiger partial charge in [-0.3, -0.25) is 9.59 Å². The first-order valence-corrected chi connectivity index (χ1v) is 12.0. The molecule has 1 aliphatic rings. The second-order valence-corrected chi connectivity index (χ2v) is 9.12. The van der Waals surface area contributed by atoms with E-state index in [-0.39, 0.29) is 12.5 Å². The molecule has 0 saturated carbocycles. The van der Waals surface area contributed by atoms with E-state index in [9.17, 15) is 14.0 Å². The van der Waals surface area contributed by atoms with Crippen LogP contribution in [0.15, 0.2) is 70.6 Å². The largest absolute Gasteiger partial charge is 0.493 e. The number of amides is 2. The van der Waals surface area contributed by atoms with Crippen LogP contribution in [0.2, 0.25) is 10.0 Å². The lowest BCUT2D eigenvalue weighted by atomic mass is 10.2. The van der Waals surface area contributed by atoms with E-state index in [0.29, 0.717) is 48.6 Å². The fraction of sp³-hybridized carbons (Fsp3) is 0.0800. The maximum absolute atomic E-state index is 13.0. The van der Waals surface area contributed by atoms with Gasteiger partial charge >= 0.3 is 0 Å². The minimum atomic E-state index is -0.416. The Morgan fingerprint density at radius 1 is 1.14 bits per heavy atom. The molecule has 2 N–H and O–H groups in total. The van der Waals surface area contributed by atoms with Crippen LogP contribution in [0.3, 0.4) is 0 Å². The Kier molecular flexibility index (Phi) is 8.14. The Hall–Kier alpha value is -3.53. The number of benzene rings is 3. The highest BCUT2D eigenvalue weighted by molar-refractivity contribution is 8.18. The van der Waals surface area contributed by atoms with Crippen molar-refractivity contribution in [2.75, 3.05) is 19.0 Å². The zero-order valence-electron chi connectivity index (χ0n) is 18.7. The number of hydrogen-bond acceptors (Lipinski definition) is 6. The average molecular weight is 546 g/mol. The lowest BCUT2D eigenvalue weighted by Gasteiger charge is -2.11. The third kappa shape index (κ3) is 6.37. The summed E-state index contributed by atoms with van der Waals surface area (Å²) in [5.74, 6) is -0.405. The maximum atomic E-state index is 13.0. The second-order valence-electron chi connectivity index (χ2n) is 7.31. The number of carbonyl (C=O) groups excluding carboxylic acids is 2. The summed E-state index contributed by atoms with van der Waals surface area (Å²) < 4.78 is 24.0. The summed E-state index contributed by atoms with van der Waals surface area (Å²) in [5.41, 5.74) is 1.57. The molecule has 36 heavy (non-hydrogen) atoms. The number of halogens is 3. The smallest absolute Gasteiger partial charge is 0.264 e. The Morgan fingerprint density at radius 3 is 2.67 bits per heavy atom. The molecule has 0 unspecified atom stereocenters. The maximum Gasteiger partial charge on any atom is 0.264 e. The molecule has 2 amide bonds. The average Bonchev–Trinajstić information content (AvgIpc) is 3.20. The van der Waals surface area contributed by atoms with E-state index in [2.05, 4.69) is 15.6 Å². The van der Waals surface area contributed by atoms with E-state index in [1.54, 1.807) is 42.5 Å². The minimum Gasteiger partial charge on any atom is -0.493 e. The molecule has 3 aromatic carbocycles. The predicted molar refractivity (Wildman–Crippen MR) is 141 cm³/mol. The Bertz CT molecular complexity index is 1380. The molecule has 7 nitrogen and oxygen atoms in total. The van der Waals surface area contributed by atoms with Gasteiger partial charge in [-0.25, -0.2) is 9.38 Å². The first kappa shape index (κ1) is 25.6. The van der Waals surface area contributed by atoms with E-state index < -0.39 is 11.7 Å². The molecule has 1 fully saturated rings. The Balaban J connectivity index is 1.43. The monoisotopic (exact) mass is 545 g/mol. The van der Waals surface area contributed by atoms with Crippen molar-refractivity contribution in [3.05, 3.63) is 87.0 Å². The second kappa shape index (κ2) is 11.5. The van der Waals surface area contributed by atoms with Gasteiger partial charge in [0.25, 0.3) is 11.8 Å². The van der Waals surface area contributed by atoms with E-state index >= 15 is 0 Å². The van der Waals surface area contributed by atoms with Crippen molar-refractivity contribution in [3.8, 4) is 11.5 Å². The van der Waals surface area contributed by atoms with Gasteiger partial charge in [0.15, 0.2) is 23.3 Å². The summed E-state index contributed by atoms with van der Waals surface area (Å²) in [4.78, 5) is 29.4. The van der Waals surface area contributed by atoms with Crippen LogP contribution in [-0.4, -0.2) is 30.7 Å². The normalized spacial score (nSPS) is 15.2. The molecule has 0 aliphatic carbocycles. The molecular formula is C25H18Cl2FN3O4S. The van der Waals surface area contributed by atoms with Gasteiger partial charge in [-0.1, -0.05) is 35.3 Å². The van der Waals surface area contributed by atoms with Crippen molar-refractivity contribution < 1.29 is 23.5 Å². The molecule has 0 atom stereocenters. The molecule has 3 aromatic rings. The number of hydrogen-bond donors (Lipinski definition) is 2. The van der Waals surface area contributed by atoms with Gasteiger partial charge in [-0.15, -0.1) is 0 Å². The number of anilines is 1. The summed E-state index contributed by atoms with van der Waals surface area (Å²) in [6.45, 7) is -0.279. The zero-order chi connectivity index (χ0) is 25.7. The van der Waals surface area contributed by atoms with Crippen LogP contribution in [0.4, 0.5) is 15.8 Å². The molecule has 0 radical (unpaired) electrons. The summed E-state index contributed by atoms with van der Waals surface area (Å²) in [5, 5.41) is 6.35. The third-order valence-electron chi connectivity index (χ3n) is 4.78. The Morgan fingerprint density at radius 2 is 1.92 bits per heavy atom. The van der Waals surface area contributed by atoms with Gasteiger partial charge in [0.05, 0.1) is 27.7 Å². The highest BCUT2D eigenvalue weighted by Gasteiger charge is 2.24. The minimum absolute atomic E-state index is 0.279. The number of rotatable bonds is 7. The summed E-state index contributed by atoms with van der Waals surface area (Å²) in [6.07, 6.45) is 1.68. The van der Waals surface area contributed by atoms with Crippen LogP contribution in [0, 0.1) is 5.82 Å². The lowest BCUT2D eigenvalue weighted by Crippen LogP contribution is -2.20. The number of thioether (sulfide) groups is 1. The molecule has 4 rings (SSSR count). The summed E-state index contributed by atoms with van der Waals surface area (Å²) >= 11 is 13.4. The molecule has 0 bridgehead atoms. The van der Waals surface area contributed by atoms with Crippen LogP contribution < -0.4 is 20.1 Å². The summed E-state index contributed by atoms with van der Waals surface area (Å²) in [6, 6.07) is 15.5. The first-order chi connectivity index (χ1) is 17.3. The lowest BCUT2D eigenvalue weighted by molar-refractivity contribution is -0.118. The van der Waals surface area contributed by atoms with Crippen molar-refractivity contribution in [2.24, 2.45) is 4.99 Å². The van der Waals surface area contributed by atoms with E-state index in [4.69, 9.17) is 32.7 Å². The first-order valence-electron chi connectivity index (χ1n) is 10.4. The fourth-order valence-electron chi connectivity index (χ4n) is 3.09. The Labute approximate surface area is 220 Å². The SMILES string of the molecule is COc1cc(/C=C2/SC(=Nc3cccc(Cl)c3Cl)NC2=O)ccc1OCC(=O)Nc1ccc(F)cc1. The van der Waals surface area contributed by atoms with E-state index in [1.165, 1.54) is 31.4 Å². The molecule has 0 spiro atoms. The number of nitrogens with zero attached hydrogens (tertiary/aromatic N) is 1. The van der Waals surface area contributed by atoms with Crippen molar-refractivity contribution in [3.63, 3.8) is 0 Å². The molecule has 1 aliphatic heterocycles. The number of aliphatic imine (C=N–C) groups is 1. The number of carbonyl (C=O) groups is 2. The van der Waals surface area contributed by atoms with E-state index in [1.807, 2.05) is 0 Å². The van der Waals surface area contributed by atoms with Gasteiger partial charge in [0.2, 0.25) is 0 Å². The summed E-state index contributed by atoms with van der Waals surface area (Å²) in [7, 11) is 1.47. The van der Waals surface area contributed by atoms with Crippen molar-refractivity contribution in [1.82, 2.24) is 5.32 Å². The van der Waals surface area contributed by atoms with Crippen LogP contribution in [0.5, 0.6) is 11.5 Å².